The number of hydrogen-bond acceptors (Lipinski definition) is 5. The zero-order valence-electron chi connectivity index (χ0n) is 17.9. The summed E-state index contributed by atoms with van der Waals surface area (Å²) in [6.07, 6.45) is 5.75. The summed E-state index contributed by atoms with van der Waals surface area (Å²) in [5.41, 5.74) is 1.35. The van der Waals surface area contributed by atoms with Gasteiger partial charge in [-0.25, -0.2) is 4.98 Å². The molecule has 0 bridgehead atoms. The number of aromatic nitrogens is 3. The van der Waals surface area contributed by atoms with Crippen LogP contribution in [0.2, 0.25) is 0 Å². The van der Waals surface area contributed by atoms with E-state index in [0.717, 1.165) is 45.3 Å². The lowest BCUT2D eigenvalue weighted by Crippen LogP contribution is -2.49. The molecule has 4 heterocycles. The Bertz CT molecular complexity index is 1260. The number of nitrogens with zero attached hydrogens (tertiary/aromatic N) is 5. The lowest BCUT2D eigenvalue weighted by Gasteiger charge is -2.34. The van der Waals surface area contributed by atoms with Crippen LogP contribution in [0, 0.1) is 5.41 Å². The number of rotatable bonds is 3. The van der Waals surface area contributed by atoms with Gasteiger partial charge in [0.2, 0.25) is 0 Å². The van der Waals surface area contributed by atoms with E-state index in [1.807, 2.05) is 15.5 Å². The van der Waals surface area contributed by atoms with Crippen LogP contribution in [-0.4, -0.2) is 62.4 Å². The Kier molecular flexibility index (Phi) is 5.09. The number of carbonyl (C=O) groups is 1. The predicted octanol–water partition coefficient (Wildman–Crippen LogP) is 2.02. The van der Waals surface area contributed by atoms with Gasteiger partial charge in [-0.15, -0.1) is 0 Å². The Balaban J connectivity index is 1.70. The Morgan fingerprint density at radius 1 is 1.16 bits per heavy atom. The molecule has 1 N–H and O–H groups in total. The van der Waals surface area contributed by atoms with Crippen molar-refractivity contribution < 1.29 is 4.79 Å². The molecule has 3 aromatic heterocycles. The molecule has 0 atom stereocenters. The van der Waals surface area contributed by atoms with Crippen molar-refractivity contribution in [3.63, 3.8) is 0 Å². The molecule has 1 amide bonds. The summed E-state index contributed by atoms with van der Waals surface area (Å²) < 4.78 is 3.37. The first-order valence-corrected chi connectivity index (χ1v) is 11.2. The van der Waals surface area contributed by atoms with Gasteiger partial charge in [0.05, 0.1) is 10.9 Å². The van der Waals surface area contributed by atoms with Gasteiger partial charge in [0.15, 0.2) is 0 Å². The van der Waals surface area contributed by atoms with Gasteiger partial charge >= 0.3 is 0 Å². The van der Waals surface area contributed by atoms with Crippen molar-refractivity contribution >= 4 is 22.6 Å². The standard InChI is InChI=1S/C23H28N6O2/c1-2-26-11-13-27(14-12-26)22(30)17-15-18-21(29(20(17)24)16-7-3-4-8-16)25-19-9-5-6-10-28(19)23(18)31/h5-6,9-10,15-16,24H,2-4,7-8,11-14H2,1H3. The van der Waals surface area contributed by atoms with Crippen molar-refractivity contribution in [2.24, 2.45) is 0 Å². The minimum atomic E-state index is -0.197. The maximum atomic E-state index is 13.4. The molecule has 0 spiro atoms. The zero-order chi connectivity index (χ0) is 21.5. The largest absolute Gasteiger partial charge is 0.336 e. The van der Waals surface area contributed by atoms with Crippen LogP contribution in [0.15, 0.2) is 35.3 Å². The van der Waals surface area contributed by atoms with E-state index in [1.54, 1.807) is 24.4 Å². The quantitative estimate of drug-likeness (QED) is 0.657. The highest BCUT2D eigenvalue weighted by molar-refractivity contribution is 5.97. The number of fused-ring (bicyclic) bond motifs is 2. The lowest BCUT2D eigenvalue weighted by molar-refractivity contribution is 0.0640. The lowest BCUT2D eigenvalue weighted by atomic mass is 10.1. The molecule has 3 aromatic rings. The maximum absolute atomic E-state index is 13.4. The third-order valence-corrected chi connectivity index (χ3v) is 6.79. The van der Waals surface area contributed by atoms with E-state index in [2.05, 4.69) is 11.8 Å². The fourth-order valence-corrected chi connectivity index (χ4v) is 4.97. The molecular weight excluding hydrogens is 392 g/mol. The third-order valence-electron chi connectivity index (χ3n) is 6.79. The SMILES string of the molecule is CCN1CCN(C(=O)c2cc3c(=O)n4ccccc4nc3n(C3CCCC3)c2=N)CC1. The van der Waals surface area contributed by atoms with Crippen molar-refractivity contribution in [3.05, 3.63) is 51.9 Å². The number of nitrogens with one attached hydrogen (secondary N) is 1. The molecular formula is C23H28N6O2. The van der Waals surface area contributed by atoms with Gasteiger partial charge in [0.1, 0.15) is 16.8 Å². The number of carbonyl (C=O) groups excluding carboxylic acids is 1. The first-order valence-electron chi connectivity index (χ1n) is 11.2. The summed E-state index contributed by atoms with van der Waals surface area (Å²) in [6.45, 7) is 6.04. The second-order valence-corrected chi connectivity index (χ2v) is 8.52. The van der Waals surface area contributed by atoms with E-state index in [1.165, 1.54) is 4.40 Å². The number of pyridine rings is 2. The summed E-state index contributed by atoms with van der Waals surface area (Å²) in [7, 11) is 0. The van der Waals surface area contributed by atoms with E-state index in [9.17, 15) is 9.59 Å². The number of likely N-dealkylation sites (N-methyl/N-ethyl adjacent to an activating group) is 1. The summed E-state index contributed by atoms with van der Waals surface area (Å²) in [5, 5.41) is 9.36. The first kappa shape index (κ1) is 19.9. The van der Waals surface area contributed by atoms with Crippen LogP contribution in [0.4, 0.5) is 0 Å². The number of piperazine rings is 1. The average molecular weight is 421 g/mol. The van der Waals surface area contributed by atoms with Crippen molar-refractivity contribution in [2.45, 2.75) is 38.6 Å². The second kappa shape index (κ2) is 7.92. The van der Waals surface area contributed by atoms with Crippen molar-refractivity contribution in [3.8, 4) is 0 Å². The molecule has 31 heavy (non-hydrogen) atoms. The Labute approximate surface area is 180 Å². The topological polar surface area (TPSA) is 86.7 Å². The summed E-state index contributed by atoms with van der Waals surface area (Å²) in [6, 6.07) is 7.15. The Morgan fingerprint density at radius 3 is 2.61 bits per heavy atom. The van der Waals surface area contributed by atoms with Crippen LogP contribution in [0.3, 0.4) is 0 Å². The molecule has 0 aromatic carbocycles. The third kappa shape index (κ3) is 3.35. The van der Waals surface area contributed by atoms with Crippen LogP contribution in [-0.2, 0) is 0 Å². The Hall–Kier alpha value is -3.00. The fourth-order valence-electron chi connectivity index (χ4n) is 4.97. The van der Waals surface area contributed by atoms with Gasteiger partial charge < -0.3 is 14.4 Å². The Morgan fingerprint density at radius 2 is 1.90 bits per heavy atom. The van der Waals surface area contributed by atoms with Gasteiger partial charge in [-0.1, -0.05) is 25.8 Å². The molecule has 2 fully saturated rings. The number of hydrogen-bond donors (Lipinski definition) is 1. The van der Waals surface area contributed by atoms with Crippen LogP contribution in [0.1, 0.15) is 49.0 Å². The molecule has 1 saturated carbocycles. The molecule has 162 valence electrons. The highest BCUT2D eigenvalue weighted by atomic mass is 16.2. The van der Waals surface area contributed by atoms with Gasteiger partial charge in [-0.05, 0) is 37.6 Å². The van der Waals surface area contributed by atoms with Crippen LogP contribution < -0.4 is 11.0 Å². The van der Waals surface area contributed by atoms with Crippen molar-refractivity contribution in [1.82, 2.24) is 23.8 Å². The number of amides is 1. The van der Waals surface area contributed by atoms with E-state index in [-0.39, 0.29) is 23.0 Å². The van der Waals surface area contributed by atoms with Crippen LogP contribution >= 0.6 is 0 Å². The predicted molar refractivity (Wildman–Crippen MR) is 118 cm³/mol. The van der Waals surface area contributed by atoms with Gasteiger partial charge in [-0.3, -0.25) is 19.4 Å². The molecule has 0 radical (unpaired) electrons. The zero-order valence-corrected chi connectivity index (χ0v) is 17.9. The second-order valence-electron chi connectivity index (χ2n) is 8.52. The first-order chi connectivity index (χ1) is 15.1. The molecule has 5 rings (SSSR count). The van der Waals surface area contributed by atoms with Crippen molar-refractivity contribution in [1.29, 1.82) is 5.41 Å². The van der Waals surface area contributed by atoms with E-state index >= 15 is 0 Å². The van der Waals surface area contributed by atoms with E-state index in [0.29, 0.717) is 35.3 Å². The fraction of sp³-hybridized carbons (Fsp3) is 0.478. The van der Waals surface area contributed by atoms with E-state index in [4.69, 9.17) is 10.4 Å². The molecule has 8 heteroatoms. The highest BCUT2D eigenvalue weighted by Crippen LogP contribution is 2.30. The molecule has 2 aliphatic rings. The maximum Gasteiger partial charge on any atom is 0.267 e. The highest BCUT2D eigenvalue weighted by Gasteiger charge is 2.27. The van der Waals surface area contributed by atoms with Gasteiger partial charge in [0, 0.05) is 38.4 Å². The minimum Gasteiger partial charge on any atom is -0.336 e. The molecule has 1 saturated heterocycles. The molecule has 8 nitrogen and oxygen atoms in total. The summed E-state index contributed by atoms with van der Waals surface area (Å²) in [5.74, 6) is -0.160. The van der Waals surface area contributed by atoms with E-state index < -0.39 is 0 Å². The van der Waals surface area contributed by atoms with Crippen LogP contribution in [0.25, 0.3) is 16.7 Å². The van der Waals surface area contributed by atoms with Gasteiger partial charge in [0.25, 0.3) is 11.5 Å². The molecule has 0 unspecified atom stereocenters. The monoisotopic (exact) mass is 420 g/mol. The van der Waals surface area contributed by atoms with Crippen molar-refractivity contribution in [2.75, 3.05) is 32.7 Å². The molecule has 1 aliphatic carbocycles. The van der Waals surface area contributed by atoms with Crippen LogP contribution in [0.5, 0.6) is 0 Å². The normalized spacial score (nSPS) is 18.3. The average Bonchev–Trinajstić information content (AvgIpc) is 3.33. The summed E-state index contributed by atoms with van der Waals surface area (Å²) >= 11 is 0. The summed E-state index contributed by atoms with van der Waals surface area (Å²) in [4.78, 5) is 35.6. The smallest absolute Gasteiger partial charge is 0.267 e. The minimum absolute atomic E-state index is 0.0951. The van der Waals surface area contributed by atoms with Gasteiger partial charge in [-0.2, -0.15) is 0 Å². The molecule has 1 aliphatic heterocycles.